The smallest absolute Gasteiger partial charge is 0.241 e. The van der Waals surface area contributed by atoms with Crippen LogP contribution in [0.2, 0.25) is 0 Å². The first-order valence-corrected chi connectivity index (χ1v) is 12.7. The van der Waals surface area contributed by atoms with Crippen LogP contribution < -0.4 is 10.2 Å². The number of carbonyl (C=O) groups is 1. The van der Waals surface area contributed by atoms with Gasteiger partial charge in [-0.15, -0.1) is 0 Å². The third-order valence-electron chi connectivity index (χ3n) is 5.95. The lowest BCUT2D eigenvalue weighted by molar-refractivity contribution is -0.118. The van der Waals surface area contributed by atoms with E-state index in [1.54, 1.807) is 4.90 Å². The van der Waals surface area contributed by atoms with E-state index in [1.165, 1.54) is 5.56 Å². The Morgan fingerprint density at radius 3 is 2.12 bits per heavy atom. The van der Waals surface area contributed by atoms with Crippen molar-refractivity contribution < 1.29 is 13.2 Å². The van der Waals surface area contributed by atoms with Crippen LogP contribution in [0.1, 0.15) is 24.9 Å². The van der Waals surface area contributed by atoms with Gasteiger partial charge >= 0.3 is 0 Å². The topological polar surface area (TPSA) is 66.5 Å². The SMILES string of the molecule is C[C@@H](NCC(=O)N(c1ccccc1)[C@@H]1CCS(=O)(=O)C1)c1ccc(-c2ccccc2)cc1. The Bertz CT molecular complexity index is 1150. The highest BCUT2D eigenvalue weighted by molar-refractivity contribution is 7.91. The molecule has 0 spiro atoms. The summed E-state index contributed by atoms with van der Waals surface area (Å²) in [6.07, 6.45) is 0.472. The molecule has 0 aliphatic carbocycles. The number of carbonyl (C=O) groups excluding carboxylic acids is 1. The lowest BCUT2D eigenvalue weighted by Gasteiger charge is -2.29. The molecule has 2 atom stereocenters. The van der Waals surface area contributed by atoms with Crippen molar-refractivity contribution in [2.45, 2.75) is 25.4 Å². The highest BCUT2D eigenvalue weighted by atomic mass is 32.2. The van der Waals surface area contributed by atoms with Gasteiger partial charge in [0.1, 0.15) is 0 Å². The molecule has 4 rings (SSSR count). The van der Waals surface area contributed by atoms with Crippen molar-refractivity contribution in [2.24, 2.45) is 0 Å². The molecule has 0 aromatic heterocycles. The molecule has 6 heteroatoms. The molecular weight excluding hydrogens is 420 g/mol. The summed E-state index contributed by atoms with van der Waals surface area (Å²) in [6, 6.07) is 27.5. The fourth-order valence-electron chi connectivity index (χ4n) is 4.16. The maximum Gasteiger partial charge on any atom is 0.241 e. The van der Waals surface area contributed by atoms with Crippen molar-refractivity contribution in [1.82, 2.24) is 5.32 Å². The molecule has 32 heavy (non-hydrogen) atoms. The molecule has 0 saturated carbocycles. The summed E-state index contributed by atoms with van der Waals surface area (Å²) in [7, 11) is -3.10. The molecule has 166 valence electrons. The molecule has 1 N–H and O–H groups in total. The van der Waals surface area contributed by atoms with Gasteiger partial charge in [-0.2, -0.15) is 0 Å². The van der Waals surface area contributed by atoms with E-state index in [-0.39, 0.29) is 36.0 Å². The Balaban J connectivity index is 1.43. The molecule has 3 aromatic carbocycles. The van der Waals surface area contributed by atoms with Gasteiger partial charge in [-0.1, -0.05) is 72.8 Å². The van der Waals surface area contributed by atoms with Crippen LogP contribution in [0.4, 0.5) is 5.69 Å². The molecule has 1 fully saturated rings. The van der Waals surface area contributed by atoms with Crippen molar-refractivity contribution in [3.63, 3.8) is 0 Å². The number of benzene rings is 3. The first kappa shape index (κ1) is 22.2. The van der Waals surface area contributed by atoms with E-state index in [9.17, 15) is 13.2 Å². The molecule has 3 aromatic rings. The summed E-state index contributed by atoms with van der Waals surface area (Å²) in [5.41, 5.74) is 4.14. The fraction of sp³-hybridized carbons (Fsp3) is 0.269. The lowest BCUT2D eigenvalue weighted by Crippen LogP contribution is -2.46. The molecule has 0 radical (unpaired) electrons. The van der Waals surface area contributed by atoms with Crippen LogP contribution in [-0.4, -0.2) is 38.4 Å². The number of para-hydroxylation sites is 1. The van der Waals surface area contributed by atoms with Gasteiger partial charge < -0.3 is 10.2 Å². The normalized spacial score (nSPS) is 18.2. The maximum atomic E-state index is 13.2. The van der Waals surface area contributed by atoms with Crippen molar-refractivity contribution in [3.8, 4) is 11.1 Å². The number of hydrogen-bond acceptors (Lipinski definition) is 4. The van der Waals surface area contributed by atoms with E-state index in [0.29, 0.717) is 6.42 Å². The molecule has 1 saturated heterocycles. The van der Waals surface area contributed by atoms with Gasteiger partial charge in [-0.25, -0.2) is 8.42 Å². The quantitative estimate of drug-likeness (QED) is 0.588. The van der Waals surface area contributed by atoms with Gasteiger partial charge in [0, 0.05) is 11.7 Å². The van der Waals surface area contributed by atoms with Crippen molar-refractivity contribution >= 4 is 21.4 Å². The predicted octanol–water partition coefficient (Wildman–Crippen LogP) is 4.22. The van der Waals surface area contributed by atoms with E-state index < -0.39 is 9.84 Å². The van der Waals surface area contributed by atoms with Crippen LogP contribution in [0.5, 0.6) is 0 Å². The summed E-state index contributed by atoms with van der Waals surface area (Å²) in [4.78, 5) is 14.8. The van der Waals surface area contributed by atoms with Crippen LogP contribution in [0.25, 0.3) is 11.1 Å². The summed E-state index contributed by atoms with van der Waals surface area (Å²) in [6.45, 7) is 2.16. The minimum absolute atomic E-state index is 0.0180. The number of nitrogens with zero attached hydrogens (tertiary/aromatic N) is 1. The minimum atomic E-state index is -3.10. The van der Waals surface area contributed by atoms with E-state index >= 15 is 0 Å². The molecular formula is C26H28N2O3S. The number of sulfone groups is 1. The average Bonchev–Trinajstić information content (AvgIpc) is 3.18. The molecule has 5 nitrogen and oxygen atoms in total. The monoisotopic (exact) mass is 448 g/mol. The zero-order valence-corrected chi connectivity index (χ0v) is 19.0. The van der Waals surface area contributed by atoms with Gasteiger partial charge in [0.15, 0.2) is 9.84 Å². The van der Waals surface area contributed by atoms with Crippen LogP contribution in [0, 0.1) is 0 Å². The van der Waals surface area contributed by atoms with Crippen LogP contribution >= 0.6 is 0 Å². The zero-order chi connectivity index (χ0) is 22.6. The Kier molecular flexibility index (Phi) is 6.72. The highest BCUT2D eigenvalue weighted by Crippen LogP contribution is 2.25. The van der Waals surface area contributed by atoms with Crippen LogP contribution in [0.3, 0.4) is 0 Å². The fourth-order valence-corrected chi connectivity index (χ4v) is 5.86. The van der Waals surface area contributed by atoms with Gasteiger partial charge in [0.2, 0.25) is 5.91 Å². The molecule has 1 heterocycles. The van der Waals surface area contributed by atoms with Gasteiger partial charge in [-0.3, -0.25) is 4.79 Å². The third-order valence-corrected chi connectivity index (χ3v) is 7.70. The number of hydrogen-bond donors (Lipinski definition) is 1. The summed E-state index contributed by atoms with van der Waals surface area (Å²) in [5.74, 6) is 0.0294. The second kappa shape index (κ2) is 9.67. The molecule has 0 bridgehead atoms. The van der Waals surface area contributed by atoms with Gasteiger partial charge in [0.05, 0.1) is 24.1 Å². The average molecular weight is 449 g/mol. The molecule has 1 aliphatic heterocycles. The molecule has 1 aliphatic rings. The number of amides is 1. The predicted molar refractivity (Wildman–Crippen MR) is 129 cm³/mol. The Labute approximate surface area is 190 Å². The zero-order valence-electron chi connectivity index (χ0n) is 18.1. The second-order valence-corrected chi connectivity index (χ2v) is 10.5. The molecule has 0 unspecified atom stereocenters. The van der Waals surface area contributed by atoms with Crippen molar-refractivity contribution in [2.75, 3.05) is 23.0 Å². The largest absolute Gasteiger partial charge is 0.307 e. The maximum absolute atomic E-state index is 13.2. The van der Waals surface area contributed by atoms with E-state index in [0.717, 1.165) is 16.8 Å². The second-order valence-electron chi connectivity index (χ2n) is 8.25. The highest BCUT2D eigenvalue weighted by Gasteiger charge is 2.35. The van der Waals surface area contributed by atoms with Crippen molar-refractivity contribution in [1.29, 1.82) is 0 Å². The first-order chi connectivity index (χ1) is 15.4. The Hall–Kier alpha value is -2.96. The van der Waals surface area contributed by atoms with E-state index in [4.69, 9.17) is 0 Å². The third kappa shape index (κ3) is 5.26. The minimum Gasteiger partial charge on any atom is -0.307 e. The molecule has 1 amide bonds. The summed E-state index contributed by atoms with van der Waals surface area (Å²) in [5, 5.41) is 3.31. The Morgan fingerprint density at radius 1 is 0.938 bits per heavy atom. The van der Waals surface area contributed by atoms with E-state index in [2.05, 4.69) is 41.7 Å². The lowest BCUT2D eigenvalue weighted by atomic mass is 10.0. The van der Waals surface area contributed by atoms with E-state index in [1.807, 2.05) is 55.5 Å². The first-order valence-electron chi connectivity index (χ1n) is 10.9. The number of nitrogens with one attached hydrogen (secondary N) is 1. The van der Waals surface area contributed by atoms with Crippen LogP contribution in [0.15, 0.2) is 84.9 Å². The summed E-state index contributed by atoms with van der Waals surface area (Å²) < 4.78 is 24.1. The standard InChI is InChI=1S/C26H28N2O3S/c1-20(21-12-14-23(15-13-21)22-8-4-2-5-9-22)27-18-26(29)28(24-10-6-3-7-11-24)25-16-17-32(30,31)19-25/h2-15,20,25,27H,16-19H2,1H3/t20-,25-/m1/s1. The van der Waals surface area contributed by atoms with Crippen molar-refractivity contribution in [3.05, 3.63) is 90.5 Å². The summed E-state index contributed by atoms with van der Waals surface area (Å²) >= 11 is 0. The van der Waals surface area contributed by atoms with Gasteiger partial charge in [0.25, 0.3) is 0 Å². The number of anilines is 1. The number of rotatable bonds is 7. The Morgan fingerprint density at radius 2 is 1.53 bits per heavy atom. The van der Waals surface area contributed by atoms with Gasteiger partial charge in [-0.05, 0) is 42.2 Å². The van der Waals surface area contributed by atoms with Crippen LogP contribution in [-0.2, 0) is 14.6 Å².